The third-order valence-electron chi connectivity index (χ3n) is 7.32. The van der Waals surface area contributed by atoms with Crippen molar-refractivity contribution in [3.05, 3.63) is 24.2 Å². The molecule has 1 N–H and O–H groups in total. The molecule has 2 saturated heterocycles. The fraction of sp³-hybridized carbons (Fsp3) is 0.682. The Morgan fingerprint density at radius 3 is 2.79 bits per heavy atom. The smallest absolute Gasteiger partial charge is 0.289 e. The zero-order valence-corrected chi connectivity index (χ0v) is 17.7. The van der Waals surface area contributed by atoms with Gasteiger partial charge in [0.2, 0.25) is 5.91 Å². The maximum Gasteiger partial charge on any atom is 0.289 e. The molecule has 0 spiro atoms. The summed E-state index contributed by atoms with van der Waals surface area (Å²) in [4.78, 5) is 32.0. The summed E-state index contributed by atoms with van der Waals surface area (Å²) >= 11 is 1.63. The number of aliphatic imine (C=N–C) groups is 1. The summed E-state index contributed by atoms with van der Waals surface area (Å²) in [5.41, 5.74) is 0. The zero-order valence-electron chi connectivity index (χ0n) is 16.9. The molecule has 2 bridgehead atoms. The largest absolute Gasteiger partial charge is 0.459 e. The lowest BCUT2D eigenvalue weighted by atomic mass is 9.87. The molecule has 3 heterocycles. The number of amidine groups is 1. The van der Waals surface area contributed by atoms with Gasteiger partial charge in [-0.05, 0) is 75.3 Å². The van der Waals surface area contributed by atoms with Crippen LogP contribution < -0.4 is 5.32 Å². The molecule has 2 aliphatic heterocycles. The van der Waals surface area contributed by atoms with E-state index in [9.17, 15) is 9.59 Å². The number of thioether (sulfide) groups is 1. The summed E-state index contributed by atoms with van der Waals surface area (Å²) < 4.78 is 4.79. The Morgan fingerprint density at radius 1 is 1.31 bits per heavy atom. The van der Waals surface area contributed by atoms with Gasteiger partial charge < -0.3 is 14.6 Å². The van der Waals surface area contributed by atoms with Gasteiger partial charge in [0.15, 0.2) is 10.9 Å². The van der Waals surface area contributed by atoms with Gasteiger partial charge in [-0.25, -0.2) is 0 Å². The Balaban J connectivity index is 1.16. The van der Waals surface area contributed by atoms with Crippen LogP contribution in [0.15, 0.2) is 27.8 Å². The Labute approximate surface area is 175 Å². The minimum atomic E-state index is -0.450. The van der Waals surface area contributed by atoms with E-state index in [0.717, 1.165) is 49.4 Å². The summed E-state index contributed by atoms with van der Waals surface area (Å²) in [6.45, 7) is 3.49. The van der Waals surface area contributed by atoms with Gasteiger partial charge in [-0.3, -0.25) is 14.6 Å². The predicted octanol–water partition coefficient (Wildman–Crippen LogP) is 3.69. The van der Waals surface area contributed by atoms with Gasteiger partial charge in [0.25, 0.3) is 5.91 Å². The highest BCUT2D eigenvalue weighted by Crippen LogP contribution is 2.47. The first-order valence-electron chi connectivity index (χ1n) is 10.9. The summed E-state index contributed by atoms with van der Waals surface area (Å²) in [6, 6.07) is 3.87. The van der Waals surface area contributed by atoms with Crippen LogP contribution in [0.3, 0.4) is 0 Å². The van der Waals surface area contributed by atoms with Gasteiger partial charge in [-0.2, -0.15) is 0 Å². The Bertz CT molecular complexity index is 815. The molecule has 1 aromatic rings. The Hall–Kier alpha value is -1.76. The van der Waals surface area contributed by atoms with Crippen molar-refractivity contribution in [2.45, 2.75) is 62.7 Å². The lowest BCUT2D eigenvalue weighted by molar-refractivity contribution is -0.121. The lowest BCUT2D eigenvalue weighted by Gasteiger charge is -2.34. The second kappa shape index (κ2) is 7.49. The van der Waals surface area contributed by atoms with Crippen LogP contribution in [0.4, 0.5) is 0 Å². The molecule has 156 valence electrons. The molecule has 0 unspecified atom stereocenters. The van der Waals surface area contributed by atoms with Crippen molar-refractivity contribution in [3.63, 3.8) is 0 Å². The van der Waals surface area contributed by atoms with Crippen molar-refractivity contribution in [1.29, 1.82) is 0 Å². The summed E-state index contributed by atoms with van der Waals surface area (Å²) in [5, 5.41) is 3.90. The van der Waals surface area contributed by atoms with Gasteiger partial charge in [0.05, 0.1) is 17.1 Å². The number of fused-ring (bicyclic) bond motifs is 2. The monoisotopic (exact) mass is 415 g/mol. The number of furan rings is 1. The van der Waals surface area contributed by atoms with Gasteiger partial charge >= 0.3 is 0 Å². The summed E-state index contributed by atoms with van der Waals surface area (Å²) in [6.07, 6.45) is 9.41. The Morgan fingerprint density at radius 2 is 2.14 bits per heavy atom. The third-order valence-corrected chi connectivity index (χ3v) is 8.52. The highest BCUT2D eigenvalue weighted by molar-refractivity contribution is 8.16. The van der Waals surface area contributed by atoms with Crippen LogP contribution >= 0.6 is 11.8 Å². The van der Waals surface area contributed by atoms with E-state index in [2.05, 4.69) is 12.2 Å². The zero-order chi connectivity index (χ0) is 20.0. The molecule has 29 heavy (non-hydrogen) atoms. The molecule has 4 aliphatic rings. The maximum absolute atomic E-state index is 12.8. The topological polar surface area (TPSA) is 74.9 Å². The fourth-order valence-corrected chi connectivity index (χ4v) is 6.90. The van der Waals surface area contributed by atoms with Crippen LogP contribution in [0.5, 0.6) is 0 Å². The maximum atomic E-state index is 12.8. The second-order valence-electron chi connectivity index (χ2n) is 9.38. The van der Waals surface area contributed by atoms with Crippen molar-refractivity contribution < 1.29 is 14.0 Å². The van der Waals surface area contributed by atoms with Crippen LogP contribution in [0.25, 0.3) is 0 Å². The van der Waals surface area contributed by atoms with Gasteiger partial charge in [0, 0.05) is 13.1 Å². The number of carbonyl (C=O) groups is 2. The number of carbonyl (C=O) groups excluding carboxylic acids is 2. The molecule has 5 rings (SSSR count). The van der Waals surface area contributed by atoms with Crippen molar-refractivity contribution in [2.75, 3.05) is 13.1 Å². The lowest BCUT2D eigenvalue weighted by Crippen LogP contribution is -2.41. The van der Waals surface area contributed by atoms with E-state index in [4.69, 9.17) is 9.41 Å². The molecule has 1 aromatic heterocycles. The number of amides is 2. The Kier molecular flexibility index (Phi) is 4.96. The first kappa shape index (κ1) is 19.2. The summed E-state index contributed by atoms with van der Waals surface area (Å²) in [5.74, 6) is 2.50. The SMILES string of the molecule is C[C@@]1(CC2CCN(C(=O)c3ccco3)CC2)SC(=N[C@H]2C[C@@H]3CC[C@H]2C3)NC1=O. The van der Waals surface area contributed by atoms with Crippen LogP contribution in [0.1, 0.15) is 62.4 Å². The standard InChI is InChI=1S/C22H29N3O3S/c1-22(13-14-6-8-25(9-7-14)19(26)18-3-2-10-28-18)20(27)24-21(29-22)23-17-12-15-4-5-16(17)11-15/h2-3,10,14-17H,4-9,11-13H2,1H3,(H,23,24,27)/t15-,16+,17+,22+/m1/s1. The number of nitrogens with zero attached hydrogens (tertiary/aromatic N) is 2. The van der Waals surface area contributed by atoms with Crippen molar-refractivity contribution in [2.24, 2.45) is 22.7 Å². The number of piperidine rings is 1. The number of rotatable bonds is 4. The molecule has 4 atom stereocenters. The van der Waals surface area contributed by atoms with E-state index in [0.29, 0.717) is 17.7 Å². The van der Waals surface area contributed by atoms with Crippen molar-refractivity contribution in [1.82, 2.24) is 10.2 Å². The van der Waals surface area contributed by atoms with E-state index < -0.39 is 4.75 Å². The molecular formula is C22H29N3O3S. The molecule has 2 aliphatic carbocycles. The van der Waals surface area contributed by atoms with E-state index in [1.165, 1.54) is 31.9 Å². The van der Waals surface area contributed by atoms with Gasteiger partial charge in [-0.15, -0.1) is 0 Å². The first-order valence-corrected chi connectivity index (χ1v) is 11.7. The molecular weight excluding hydrogens is 386 g/mol. The van der Waals surface area contributed by atoms with E-state index in [-0.39, 0.29) is 11.8 Å². The number of hydrogen-bond acceptors (Lipinski definition) is 5. The molecule has 2 amide bonds. The molecule has 6 nitrogen and oxygen atoms in total. The molecule has 0 radical (unpaired) electrons. The fourth-order valence-electron chi connectivity index (χ4n) is 5.67. The number of nitrogens with one attached hydrogen (secondary N) is 1. The van der Waals surface area contributed by atoms with Gasteiger partial charge in [0.1, 0.15) is 0 Å². The van der Waals surface area contributed by atoms with E-state index in [1.54, 1.807) is 23.9 Å². The first-order chi connectivity index (χ1) is 14.0. The van der Waals surface area contributed by atoms with Crippen molar-refractivity contribution >= 4 is 28.7 Å². The summed E-state index contributed by atoms with van der Waals surface area (Å²) in [7, 11) is 0. The molecule has 7 heteroatoms. The average Bonchev–Trinajstić information content (AvgIpc) is 3.48. The second-order valence-corrected chi connectivity index (χ2v) is 10.9. The average molecular weight is 416 g/mol. The molecule has 4 fully saturated rings. The molecule has 0 aromatic carbocycles. The molecule has 2 saturated carbocycles. The highest BCUT2D eigenvalue weighted by atomic mass is 32.2. The van der Waals surface area contributed by atoms with Gasteiger partial charge in [-0.1, -0.05) is 18.2 Å². The normalized spacial score (nSPS) is 36.2. The van der Waals surface area contributed by atoms with Crippen LogP contribution in [0.2, 0.25) is 0 Å². The van der Waals surface area contributed by atoms with Crippen molar-refractivity contribution in [3.8, 4) is 0 Å². The minimum Gasteiger partial charge on any atom is -0.459 e. The van der Waals surface area contributed by atoms with E-state index >= 15 is 0 Å². The highest BCUT2D eigenvalue weighted by Gasteiger charge is 2.46. The third kappa shape index (κ3) is 3.74. The number of likely N-dealkylation sites (tertiary alicyclic amines) is 1. The quantitative estimate of drug-likeness (QED) is 0.814. The van der Waals surface area contributed by atoms with Crippen LogP contribution in [-0.4, -0.2) is 45.8 Å². The minimum absolute atomic E-state index is 0.0343. The van der Waals surface area contributed by atoms with Crippen LogP contribution in [-0.2, 0) is 4.79 Å². The van der Waals surface area contributed by atoms with E-state index in [1.807, 2.05) is 4.90 Å². The predicted molar refractivity (Wildman–Crippen MR) is 113 cm³/mol. The van der Waals surface area contributed by atoms with Crippen LogP contribution in [0, 0.1) is 17.8 Å². The number of hydrogen-bond donors (Lipinski definition) is 1.